The fourth-order valence-electron chi connectivity index (χ4n) is 4.06. The van der Waals surface area contributed by atoms with Crippen molar-refractivity contribution in [2.45, 2.75) is 25.0 Å². The predicted octanol–water partition coefficient (Wildman–Crippen LogP) is 1.15. The van der Waals surface area contributed by atoms with Crippen LogP contribution in [0, 0.1) is 11.8 Å². The summed E-state index contributed by atoms with van der Waals surface area (Å²) in [6, 6.07) is 4.58. The molecule has 7 nitrogen and oxygen atoms in total. The Bertz CT molecular complexity index is 717. The Morgan fingerprint density at radius 3 is 2.29 bits per heavy atom. The molecule has 0 aliphatic carbocycles. The quantitative estimate of drug-likeness (QED) is 0.610. The lowest BCUT2D eigenvalue weighted by molar-refractivity contribution is -0.124. The lowest BCUT2D eigenvalue weighted by atomic mass is 9.81. The first-order chi connectivity index (χ1) is 11.6. The molecule has 4 rings (SSSR count). The van der Waals surface area contributed by atoms with E-state index in [-0.39, 0.29) is 47.2 Å². The number of rotatable bonds is 3. The first-order valence-corrected chi connectivity index (χ1v) is 7.86. The molecule has 0 unspecified atom stereocenters. The van der Waals surface area contributed by atoms with E-state index in [1.165, 1.54) is 31.3 Å². The number of carbonyl (C=O) groups is 3. The van der Waals surface area contributed by atoms with Crippen LogP contribution in [0.3, 0.4) is 0 Å². The zero-order valence-electron chi connectivity index (χ0n) is 13.4. The van der Waals surface area contributed by atoms with Gasteiger partial charge in [-0.2, -0.15) is 0 Å². The number of methoxy groups -OCH3 is 2. The van der Waals surface area contributed by atoms with Crippen LogP contribution in [0.1, 0.15) is 23.2 Å². The number of nitrogens with zero attached hydrogens (tertiary/aromatic N) is 1. The van der Waals surface area contributed by atoms with Crippen molar-refractivity contribution in [1.29, 1.82) is 0 Å². The molecule has 0 saturated carbocycles. The van der Waals surface area contributed by atoms with Crippen molar-refractivity contribution in [3.8, 4) is 5.75 Å². The third kappa shape index (κ3) is 1.91. The Morgan fingerprint density at radius 1 is 1.12 bits per heavy atom. The molecule has 4 atom stereocenters. The molecular formula is C17H17NO6. The van der Waals surface area contributed by atoms with Crippen molar-refractivity contribution in [2.75, 3.05) is 19.1 Å². The van der Waals surface area contributed by atoms with E-state index in [9.17, 15) is 14.4 Å². The molecule has 0 radical (unpaired) electrons. The largest absolute Gasteiger partial charge is 0.496 e. The Morgan fingerprint density at radius 2 is 1.75 bits per heavy atom. The summed E-state index contributed by atoms with van der Waals surface area (Å²) < 4.78 is 15.6. The van der Waals surface area contributed by atoms with Gasteiger partial charge in [0, 0.05) is 6.07 Å². The topological polar surface area (TPSA) is 82.1 Å². The van der Waals surface area contributed by atoms with E-state index >= 15 is 0 Å². The zero-order chi connectivity index (χ0) is 17.0. The summed E-state index contributed by atoms with van der Waals surface area (Å²) in [4.78, 5) is 38.5. The molecule has 3 aliphatic heterocycles. The first kappa shape index (κ1) is 15.1. The zero-order valence-corrected chi connectivity index (χ0v) is 13.4. The van der Waals surface area contributed by atoms with Gasteiger partial charge in [0.25, 0.3) is 0 Å². The van der Waals surface area contributed by atoms with Crippen molar-refractivity contribution in [2.24, 2.45) is 11.8 Å². The lowest BCUT2D eigenvalue weighted by Crippen LogP contribution is -2.34. The van der Waals surface area contributed by atoms with Gasteiger partial charge in [0.2, 0.25) is 11.8 Å². The fourth-order valence-corrected chi connectivity index (χ4v) is 4.06. The minimum absolute atomic E-state index is 0.155. The van der Waals surface area contributed by atoms with Gasteiger partial charge in [-0.3, -0.25) is 9.59 Å². The van der Waals surface area contributed by atoms with E-state index < -0.39 is 5.97 Å². The summed E-state index contributed by atoms with van der Waals surface area (Å²) in [6.07, 6.45) is 1.34. The van der Waals surface area contributed by atoms with Gasteiger partial charge in [-0.1, -0.05) is 0 Å². The Labute approximate surface area is 138 Å². The Balaban J connectivity index is 1.70. The van der Waals surface area contributed by atoms with Gasteiger partial charge in [-0.15, -0.1) is 0 Å². The molecule has 3 saturated heterocycles. The van der Waals surface area contributed by atoms with E-state index in [1.54, 1.807) is 6.07 Å². The number of esters is 1. The van der Waals surface area contributed by atoms with Crippen LogP contribution >= 0.6 is 0 Å². The highest BCUT2D eigenvalue weighted by molar-refractivity contribution is 6.23. The minimum atomic E-state index is -0.541. The number of hydrogen-bond donors (Lipinski definition) is 0. The molecule has 0 N–H and O–H groups in total. The van der Waals surface area contributed by atoms with Crippen molar-refractivity contribution in [3.63, 3.8) is 0 Å². The summed E-state index contributed by atoms with van der Waals surface area (Å²) >= 11 is 0. The summed E-state index contributed by atoms with van der Waals surface area (Å²) in [5.41, 5.74) is 0.648. The predicted molar refractivity (Wildman–Crippen MR) is 81.7 cm³/mol. The third-order valence-electron chi connectivity index (χ3n) is 5.13. The molecule has 24 heavy (non-hydrogen) atoms. The van der Waals surface area contributed by atoms with E-state index in [0.717, 1.165) is 12.8 Å². The molecule has 0 spiro atoms. The number of amides is 2. The molecule has 7 heteroatoms. The number of fused-ring (bicyclic) bond motifs is 5. The molecule has 3 aliphatic rings. The number of carbonyl (C=O) groups excluding carboxylic acids is 3. The van der Waals surface area contributed by atoms with Crippen molar-refractivity contribution in [3.05, 3.63) is 23.8 Å². The van der Waals surface area contributed by atoms with Crippen LogP contribution in [0.15, 0.2) is 18.2 Å². The number of anilines is 1. The number of hydrogen-bond acceptors (Lipinski definition) is 6. The van der Waals surface area contributed by atoms with Crippen molar-refractivity contribution >= 4 is 23.5 Å². The van der Waals surface area contributed by atoms with Crippen LogP contribution in [-0.2, 0) is 19.1 Å². The van der Waals surface area contributed by atoms with Crippen LogP contribution in [0.25, 0.3) is 0 Å². The second-order valence-electron chi connectivity index (χ2n) is 6.23. The maximum absolute atomic E-state index is 12.8. The van der Waals surface area contributed by atoms with Gasteiger partial charge in [0.05, 0.1) is 44.0 Å². The van der Waals surface area contributed by atoms with E-state index in [0.29, 0.717) is 5.69 Å². The normalized spacial score (nSPS) is 30.7. The highest BCUT2D eigenvalue weighted by Gasteiger charge is 2.62. The lowest BCUT2D eigenvalue weighted by Gasteiger charge is -2.19. The molecule has 3 heterocycles. The Kier molecular flexibility index (Phi) is 3.35. The molecule has 2 amide bonds. The van der Waals surface area contributed by atoms with E-state index in [2.05, 4.69) is 0 Å². The van der Waals surface area contributed by atoms with Crippen LogP contribution < -0.4 is 9.64 Å². The van der Waals surface area contributed by atoms with E-state index in [4.69, 9.17) is 14.2 Å². The number of ether oxygens (including phenoxy) is 3. The van der Waals surface area contributed by atoms with Crippen molar-refractivity contribution < 1.29 is 28.6 Å². The monoisotopic (exact) mass is 331 g/mol. The SMILES string of the molecule is COC(=O)c1ccc(N2C(=O)[C@@H]3[C@H](C2=O)[C@H]2CC[C@@H]3O2)cc1OC. The smallest absolute Gasteiger partial charge is 0.341 e. The van der Waals surface area contributed by atoms with Crippen LogP contribution in [0.2, 0.25) is 0 Å². The van der Waals surface area contributed by atoms with Gasteiger partial charge in [0.1, 0.15) is 11.3 Å². The molecule has 126 valence electrons. The Hall–Kier alpha value is -2.41. The fraction of sp³-hybridized carbons (Fsp3) is 0.471. The number of benzene rings is 1. The summed E-state index contributed by atoms with van der Waals surface area (Å²) in [6.45, 7) is 0. The average molecular weight is 331 g/mol. The van der Waals surface area contributed by atoms with Gasteiger partial charge in [-0.05, 0) is 25.0 Å². The highest BCUT2D eigenvalue weighted by atomic mass is 16.5. The van der Waals surface area contributed by atoms with Gasteiger partial charge < -0.3 is 14.2 Å². The maximum atomic E-state index is 12.8. The highest BCUT2D eigenvalue weighted by Crippen LogP contribution is 2.49. The second-order valence-corrected chi connectivity index (χ2v) is 6.23. The van der Waals surface area contributed by atoms with Crippen LogP contribution in [0.5, 0.6) is 5.75 Å². The van der Waals surface area contributed by atoms with Gasteiger partial charge in [0.15, 0.2) is 0 Å². The molecule has 3 fully saturated rings. The van der Waals surface area contributed by atoms with Crippen LogP contribution in [-0.4, -0.2) is 44.2 Å². The minimum Gasteiger partial charge on any atom is -0.496 e. The van der Waals surface area contributed by atoms with Gasteiger partial charge in [-0.25, -0.2) is 9.69 Å². The average Bonchev–Trinajstić information content (AvgIpc) is 3.27. The van der Waals surface area contributed by atoms with Gasteiger partial charge >= 0.3 is 5.97 Å². The van der Waals surface area contributed by atoms with Crippen molar-refractivity contribution in [1.82, 2.24) is 0 Å². The summed E-state index contributed by atoms with van der Waals surface area (Å²) in [5.74, 6) is -1.52. The maximum Gasteiger partial charge on any atom is 0.341 e. The molecule has 1 aromatic carbocycles. The van der Waals surface area contributed by atoms with Crippen LogP contribution in [0.4, 0.5) is 5.69 Å². The molecule has 2 bridgehead atoms. The third-order valence-corrected chi connectivity index (χ3v) is 5.13. The summed E-state index contributed by atoms with van der Waals surface area (Å²) in [7, 11) is 2.70. The molecule has 1 aromatic rings. The molecule has 0 aromatic heterocycles. The summed E-state index contributed by atoms with van der Waals surface area (Å²) in [5, 5.41) is 0. The van der Waals surface area contributed by atoms with E-state index in [1.807, 2.05) is 0 Å². The number of imide groups is 1. The first-order valence-electron chi connectivity index (χ1n) is 7.86. The second kappa shape index (κ2) is 5.31. The molecular weight excluding hydrogens is 314 g/mol. The standard InChI is InChI=1S/C17H17NO6/c1-22-12-7-8(3-4-9(12)17(21)23-2)18-15(19)13-10-5-6-11(24-10)14(13)16(18)20/h3-4,7,10-11,13-14H,5-6H2,1-2H3/t10-,11+,13-,14+.